The molecular formula is C20H16Cl3F3N2O2. The molecule has 0 heterocycles. The van der Waals surface area contributed by atoms with Crippen LogP contribution in [0.1, 0.15) is 40.7 Å². The molecule has 0 spiro atoms. The van der Waals surface area contributed by atoms with Gasteiger partial charge >= 0.3 is 6.18 Å². The highest BCUT2D eigenvalue weighted by atomic mass is 35.5. The summed E-state index contributed by atoms with van der Waals surface area (Å²) in [6.07, 6.45) is -2.15. The molecule has 2 aromatic carbocycles. The molecule has 0 radical (unpaired) electrons. The summed E-state index contributed by atoms with van der Waals surface area (Å²) >= 11 is 17.5. The molecule has 0 bridgehead atoms. The number of halogens is 6. The van der Waals surface area contributed by atoms with E-state index in [-0.39, 0.29) is 38.5 Å². The fraction of sp³-hybridized carbons (Fsp3) is 0.200. The van der Waals surface area contributed by atoms with Crippen molar-refractivity contribution in [3.63, 3.8) is 0 Å². The lowest BCUT2D eigenvalue weighted by molar-refractivity contribution is -0.139. The van der Waals surface area contributed by atoms with E-state index in [0.717, 1.165) is 18.2 Å². The molecule has 0 saturated heterocycles. The molecule has 30 heavy (non-hydrogen) atoms. The highest BCUT2D eigenvalue weighted by Crippen LogP contribution is 2.41. The lowest BCUT2D eigenvalue weighted by Crippen LogP contribution is -2.41. The zero-order chi connectivity index (χ0) is 22.5. The molecule has 1 atom stereocenters. The van der Waals surface area contributed by atoms with Crippen LogP contribution >= 0.6 is 34.8 Å². The fourth-order valence-corrected chi connectivity index (χ4v) is 3.02. The Bertz CT molecular complexity index is 938. The highest BCUT2D eigenvalue weighted by Gasteiger charge is 2.39. The minimum Gasteiger partial charge on any atom is -0.273 e. The van der Waals surface area contributed by atoms with Crippen molar-refractivity contribution in [3.05, 3.63) is 74.2 Å². The molecule has 160 valence electrons. The highest BCUT2D eigenvalue weighted by molar-refractivity contribution is 6.48. The number of allylic oxidation sites excluding steroid dienone is 1. The molecule has 0 aliphatic rings. The van der Waals surface area contributed by atoms with Crippen molar-refractivity contribution >= 4 is 52.7 Å². The van der Waals surface area contributed by atoms with Gasteiger partial charge in [-0.1, -0.05) is 66.0 Å². The number of carbonyl (C=O) groups is 2. The number of benzene rings is 2. The first-order valence-corrected chi connectivity index (χ1v) is 9.75. The zero-order valence-corrected chi connectivity index (χ0v) is 17.8. The molecule has 2 aromatic rings. The number of carbonyl (C=O) groups excluding carboxylic acids is 2. The van der Waals surface area contributed by atoms with Gasteiger partial charge in [-0.25, -0.2) is 0 Å². The summed E-state index contributed by atoms with van der Waals surface area (Å²) < 4.78 is 40.7. The van der Waals surface area contributed by atoms with Gasteiger partial charge in [-0.2, -0.15) is 13.2 Å². The van der Waals surface area contributed by atoms with Gasteiger partial charge in [0.25, 0.3) is 5.91 Å². The van der Waals surface area contributed by atoms with Crippen LogP contribution in [-0.2, 0) is 4.79 Å². The smallest absolute Gasteiger partial charge is 0.273 e. The van der Waals surface area contributed by atoms with Crippen LogP contribution in [-0.4, -0.2) is 18.0 Å². The minimum atomic E-state index is -4.59. The quantitative estimate of drug-likeness (QED) is 0.398. The number of hydrogen-bond acceptors (Lipinski definition) is 2. The first kappa shape index (κ1) is 24.1. The van der Waals surface area contributed by atoms with Crippen molar-refractivity contribution in [1.82, 2.24) is 10.9 Å². The number of rotatable bonds is 5. The topological polar surface area (TPSA) is 58.2 Å². The molecule has 2 N–H and O–H groups in total. The van der Waals surface area contributed by atoms with Gasteiger partial charge in [0.15, 0.2) is 0 Å². The van der Waals surface area contributed by atoms with E-state index in [9.17, 15) is 22.8 Å². The largest absolute Gasteiger partial charge is 0.399 e. The third-order valence-electron chi connectivity index (χ3n) is 4.01. The minimum absolute atomic E-state index is 0.0176. The second kappa shape index (κ2) is 10.2. The van der Waals surface area contributed by atoms with Crippen LogP contribution in [0.4, 0.5) is 13.2 Å². The molecular weight excluding hydrogens is 464 g/mol. The van der Waals surface area contributed by atoms with E-state index in [0.29, 0.717) is 5.56 Å². The number of amides is 2. The van der Waals surface area contributed by atoms with Crippen LogP contribution in [0.25, 0.3) is 6.08 Å². The van der Waals surface area contributed by atoms with Crippen LogP contribution in [0.5, 0.6) is 0 Å². The Balaban J connectivity index is 2.20. The summed E-state index contributed by atoms with van der Waals surface area (Å²) in [4.78, 5) is 23.1. The summed E-state index contributed by atoms with van der Waals surface area (Å²) in [5.41, 5.74) is 4.97. The lowest BCUT2D eigenvalue weighted by atomic mass is 9.97. The number of alkyl halides is 3. The van der Waals surface area contributed by atoms with E-state index in [1.807, 2.05) is 0 Å². The van der Waals surface area contributed by atoms with E-state index in [4.69, 9.17) is 34.8 Å². The number of hydrogen-bond donors (Lipinski definition) is 2. The summed E-state index contributed by atoms with van der Waals surface area (Å²) in [7, 11) is 0. The molecule has 1 unspecified atom stereocenters. The van der Waals surface area contributed by atoms with Gasteiger partial charge in [0.05, 0.1) is 21.0 Å². The Labute approximate surface area is 186 Å². The second-order valence-electron chi connectivity index (χ2n) is 6.15. The van der Waals surface area contributed by atoms with Crippen molar-refractivity contribution in [2.45, 2.75) is 25.4 Å². The fourth-order valence-electron chi connectivity index (χ4n) is 2.40. The summed E-state index contributed by atoms with van der Waals surface area (Å²) in [6.45, 7) is 1.63. The Morgan fingerprint density at radius 3 is 2.10 bits per heavy atom. The molecule has 2 rings (SSSR count). The van der Waals surface area contributed by atoms with Crippen molar-refractivity contribution in [2.75, 3.05) is 0 Å². The Hall–Kier alpha value is -2.22. The summed E-state index contributed by atoms with van der Waals surface area (Å²) in [5, 5.41) is -0.171. The number of nitrogens with one attached hydrogen (secondary N) is 2. The average Bonchev–Trinajstić information content (AvgIpc) is 2.69. The van der Waals surface area contributed by atoms with Crippen LogP contribution in [0.15, 0.2) is 42.5 Å². The lowest BCUT2D eigenvalue weighted by Gasteiger charge is -2.18. The molecule has 0 aliphatic carbocycles. The van der Waals surface area contributed by atoms with Gasteiger partial charge in [-0.3, -0.25) is 20.4 Å². The predicted molar refractivity (Wildman–Crippen MR) is 112 cm³/mol. The van der Waals surface area contributed by atoms with E-state index < -0.39 is 18.0 Å². The van der Waals surface area contributed by atoms with Gasteiger partial charge < -0.3 is 0 Å². The SMILES string of the molecule is CCC(=O)NNC(=O)c1ccc(C=CC(c2cc(Cl)c(Cl)c(Cl)c2)C(F)(F)F)cc1. The van der Waals surface area contributed by atoms with Crippen molar-refractivity contribution in [2.24, 2.45) is 0 Å². The van der Waals surface area contributed by atoms with E-state index in [2.05, 4.69) is 10.9 Å². The van der Waals surface area contributed by atoms with Gasteiger partial charge in [0.2, 0.25) is 5.91 Å². The zero-order valence-electron chi connectivity index (χ0n) is 15.5. The molecule has 0 fully saturated rings. The Morgan fingerprint density at radius 2 is 1.60 bits per heavy atom. The maximum absolute atomic E-state index is 13.6. The number of hydrazine groups is 1. The van der Waals surface area contributed by atoms with Gasteiger partial charge in [0.1, 0.15) is 0 Å². The van der Waals surface area contributed by atoms with Crippen LogP contribution in [0.3, 0.4) is 0 Å². The molecule has 2 amide bonds. The average molecular weight is 480 g/mol. The van der Waals surface area contributed by atoms with Gasteiger partial charge in [-0.05, 0) is 35.4 Å². The van der Waals surface area contributed by atoms with Crippen LogP contribution in [0.2, 0.25) is 15.1 Å². The maximum atomic E-state index is 13.6. The van der Waals surface area contributed by atoms with Crippen molar-refractivity contribution in [1.29, 1.82) is 0 Å². The summed E-state index contributed by atoms with van der Waals surface area (Å²) in [5.74, 6) is -2.87. The van der Waals surface area contributed by atoms with Crippen molar-refractivity contribution in [3.8, 4) is 0 Å². The van der Waals surface area contributed by atoms with E-state index in [1.54, 1.807) is 6.92 Å². The Morgan fingerprint density at radius 1 is 1.03 bits per heavy atom. The molecule has 0 aromatic heterocycles. The first-order chi connectivity index (χ1) is 14.0. The third-order valence-corrected chi connectivity index (χ3v) is 5.21. The standard InChI is InChI=1S/C20H16Cl3F3N2O2/c1-2-17(29)27-28-19(30)12-6-3-11(4-7-12)5-8-14(20(24,25)26)13-9-15(21)18(23)16(22)10-13/h3-10,14H,2H2,1H3,(H,27,29)(H,28,30). The first-order valence-electron chi connectivity index (χ1n) is 8.61. The molecule has 4 nitrogen and oxygen atoms in total. The maximum Gasteiger partial charge on any atom is 0.399 e. The van der Waals surface area contributed by atoms with Gasteiger partial charge in [-0.15, -0.1) is 0 Å². The van der Waals surface area contributed by atoms with E-state index >= 15 is 0 Å². The van der Waals surface area contributed by atoms with E-state index in [1.165, 1.54) is 30.3 Å². The molecule has 0 saturated carbocycles. The molecule has 0 aliphatic heterocycles. The monoisotopic (exact) mass is 478 g/mol. The van der Waals surface area contributed by atoms with Gasteiger partial charge in [0, 0.05) is 12.0 Å². The summed E-state index contributed by atoms with van der Waals surface area (Å²) in [6, 6.07) is 8.04. The Kier molecular flexibility index (Phi) is 8.18. The third kappa shape index (κ3) is 6.39. The normalized spacial score (nSPS) is 12.6. The van der Waals surface area contributed by atoms with Crippen LogP contribution < -0.4 is 10.9 Å². The second-order valence-corrected chi connectivity index (χ2v) is 7.35. The predicted octanol–water partition coefficient (Wildman–Crippen LogP) is 6.18. The van der Waals surface area contributed by atoms with Crippen LogP contribution in [0, 0.1) is 0 Å². The molecule has 10 heteroatoms. The van der Waals surface area contributed by atoms with Crippen molar-refractivity contribution < 1.29 is 22.8 Å².